The molecule has 1 aliphatic heterocycles. The van der Waals surface area contributed by atoms with E-state index < -0.39 is 0 Å². The minimum atomic E-state index is 0.657. The Morgan fingerprint density at radius 3 is 2.83 bits per heavy atom. The second kappa shape index (κ2) is 5.15. The van der Waals surface area contributed by atoms with Crippen LogP contribution in [0.1, 0.15) is 37.7 Å². The van der Waals surface area contributed by atoms with Crippen molar-refractivity contribution < 1.29 is 0 Å². The lowest BCUT2D eigenvalue weighted by atomic mass is 9.85. The fourth-order valence-electron chi connectivity index (χ4n) is 3.25. The summed E-state index contributed by atoms with van der Waals surface area (Å²) in [5.41, 5.74) is 2.76. The van der Waals surface area contributed by atoms with Crippen LogP contribution < -0.4 is 5.32 Å². The fraction of sp³-hybridized carbons (Fsp3) is 0.500. The van der Waals surface area contributed by atoms with Crippen LogP contribution in [0.25, 0.3) is 10.9 Å². The van der Waals surface area contributed by atoms with E-state index in [1.807, 2.05) is 0 Å². The highest BCUT2D eigenvalue weighted by molar-refractivity contribution is 5.83. The van der Waals surface area contributed by atoms with Gasteiger partial charge in [-0.15, -0.1) is 0 Å². The van der Waals surface area contributed by atoms with Gasteiger partial charge in [0.05, 0.1) is 0 Å². The highest BCUT2D eigenvalue weighted by Crippen LogP contribution is 2.32. The van der Waals surface area contributed by atoms with Gasteiger partial charge in [-0.3, -0.25) is 0 Å². The Balaban J connectivity index is 1.76. The van der Waals surface area contributed by atoms with Gasteiger partial charge in [0.2, 0.25) is 0 Å². The maximum Gasteiger partial charge on any atom is 0.0456 e. The molecule has 0 saturated carbocycles. The molecule has 2 aromatic rings. The van der Waals surface area contributed by atoms with Crippen LogP contribution in [0.4, 0.5) is 0 Å². The van der Waals surface area contributed by atoms with Crippen LogP contribution in [-0.4, -0.2) is 18.1 Å². The Bertz CT molecular complexity index is 509. The molecule has 1 unspecified atom stereocenters. The summed E-state index contributed by atoms with van der Waals surface area (Å²) in [5, 5.41) is 4.85. The molecule has 18 heavy (non-hydrogen) atoms. The number of hydrogen-bond donors (Lipinski definition) is 2. The van der Waals surface area contributed by atoms with Crippen LogP contribution in [0.2, 0.25) is 0 Å². The Morgan fingerprint density at radius 2 is 2.00 bits per heavy atom. The number of hydrogen-bond acceptors (Lipinski definition) is 1. The van der Waals surface area contributed by atoms with Gasteiger partial charge in [-0.1, -0.05) is 25.1 Å². The molecular weight excluding hydrogens is 220 g/mol. The molecule has 1 atom stereocenters. The number of nitrogens with one attached hydrogen (secondary N) is 2. The number of rotatable bonds is 3. The molecule has 3 rings (SSSR count). The third kappa shape index (κ3) is 2.30. The predicted molar refractivity (Wildman–Crippen MR) is 76.9 cm³/mol. The first kappa shape index (κ1) is 11.8. The number of H-pyrrole nitrogens is 1. The van der Waals surface area contributed by atoms with Gasteiger partial charge in [0.1, 0.15) is 0 Å². The molecule has 96 valence electrons. The van der Waals surface area contributed by atoms with Crippen LogP contribution in [0.3, 0.4) is 0 Å². The summed E-state index contributed by atoms with van der Waals surface area (Å²) in [6.45, 7) is 4.77. The lowest BCUT2D eigenvalue weighted by molar-refractivity contribution is 0.337. The van der Waals surface area contributed by atoms with E-state index in [1.54, 1.807) is 0 Å². The maximum absolute atomic E-state index is 3.45. The third-order valence-electron chi connectivity index (χ3n) is 4.30. The minimum absolute atomic E-state index is 0.657. The van der Waals surface area contributed by atoms with E-state index in [0.717, 1.165) is 5.92 Å². The van der Waals surface area contributed by atoms with Crippen molar-refractivity contribution in [1.29, 1.82) is 0 Å². The number of fused-ring (bicyclic) bond motifs is 1. The van der Waals surface area contributed by atoms with Crippen LogP contribution >= 0.6 is 0 Å². The van der Waals surface area contributed by atoms with Crippen molar-refractivity contribution in [3.63, 3.8) is 0 Å². The molecule has 0 bridgehead atoms. The predicted octanol–water partition coefficient (Wildman–Crippen LogP) is 3.66. The summed E-state index contributed by atoms with van der Waals surface area (Å²) in [5.74, 6) is 1.55. The smallest absolute Gasteiger partial charge is 0.0456 e. The summed E-state index contributed by atoms with van der Waals surface area (Å²) in [6, 6.07) is 8.63. The number of piperidine rings is 1. The van der Waals surface area contributed by atoms with Gasteiger partial charge in [-0.05, 0) is 55.8 Å². The normalized spacial score (nSPS) is 19.2. The lowest BCUT2D eigenvalue weighted by Gasteiger charge is -2.25. The Hall–Kier alpha value is -1.28. The van der Waals surface area contributed by atoms with Gasteiger partial charge >= 0.3 is 0 Å². The molecule has 1 aliphatic rings. The fourth-order valence-corrected chi connectivity index (χ4v) is 3.25. The van der Waals surface area contributed by atoms with E-state index in [4.69, 9.17) is 0 Å². The van der Waals surface area contributed by atoms with Crippen molar-refractivity contribution in [2.75, 3.05) is 13.1 Å². The first-order valence-corrected chi connectivity index (χ1v) is 7.11. The molecule has 1 saturated heterocycles. The summed E-state index contributed by atoms with van der Waals surface area (Å²) in [6.07, 6.45) is 6.21. The Kier molecular flexibility index (Phi) is 3.37. The summed E-state index contributed by atoms with van der Waals surface area (Å²) >= 11 is 0. The van der Waals surface area contributed by atoms with Gasteiger partial charge in [0.15, 0.2) is 0 Å². The van der Waals surface area contributed by atoms with Gasteiger partial charge in [0, 0.05) is 17.1 Å². The molecular formula is C16H22N2. The van der Waals surface area contributed by atoms with Gasteiger partial charge < -0.3 is 10.3 Å². The molecule has 1 fully saturated rings. The summed E-state index contributed by atoms with van der Waals surface area (Å²) in [7, 11) is 0. The Labute approximate surface area is 109 Å². The molecule has 0 aliphatic carbocycles. The van der Waals surface area contributed by atoms with E-state index in [-0.39, 0.29) is 0 Å². The average molecular weight is 242 g/mol. The van der Waals surface area contributed by atoms with Crippen LogP contribution in [0.15, 0.2) is 30.5 Å². The van der Waals surface area contributed by atoms with Crippen molar-refractivity contribution in [3.8, 4) is 0 Å². The quantitative estimate of drug-likeness (QED) is 0.844. The second-order valence-electron chi connectivity index (χ2n) is 5.62. The highest BCUT2D eigenvalue weighted by atomic mass is 14.9. The van der Waals surface area contributed by atoms with Crippen LogP contribution in [-0.2, 0) is 0 Å². The van der Waals surface area contributed by atoms with E-state index in [0.29, 0.717) is 5.92 Å². The number of para-hydroxylation sites is 1. The minimum Gasteiger partial charge on any atom is -0.361 e. The van der Waals surface area contributed by atoms with E-state index in [9.17, 15) is 0 Å². The van der Waals surface area contributed by atoms with E-state index in [2.05, 4.69) is 47.7 Å². The SMILES string of the molecule is CC(CC1CCNCC1)c1c[nH]c2ccccc12. The van der Waals surface area contributed by atoms with Crippen molar-refractivity contribution >= 4 is 10.9 Å². The summed E-state index contributed by atoms with van der Waals surface area (Å²) in [4.78, 5) is 3.39. The molecule has 1 aromatic carbocycles. The molecule has 1 aromatic heterocycles. The van der Waals surface area contributed by atoms with Gasteiger partial charge in [-0.25, -0.2) is 0 Å². The van der Waals surface area contributed by atoms with E-state index in [1.165, 1.54) is 48.8 Å². The van der Waals surface area contributed by atoms with Gasteiger partial charge in [-0.2, -0.15) is 0 Å². The largest absolute Gasteiger partial charge is 0.361 e. The first-order valence-electron chi connectivity index (χ1n) is 7.11. The van der Waals surface area contributed by atoms with Crippen LogP contribution in [0, 0.1) is 5.92 Å². The zero-order valence-corrected chi connectivity index (χ0v) is 11.1. The zero-order valence-electron chi connectivity index (χ0n) is 11.1. The van der Waals surface area contributed by atoms with Crippen LogP contribution in [0.5, 0.6) is 0 Å². The topological polar surface area (TPSA) is 27.8 Å². The van der Waals surface area contributed by atoms with Crippen molar-refractivity contribution in [3.05, 3.63) is 36.0 Å². The standard InChI is InChI=1S/C16H22N2/c1-12(10-13-6-8-17-9-7-13)15-11-18-16-5-3-2-4-14(15)16/h2-5,11-13,17-18H,6-10H2,1H3. The molecule has 2 N–H and O–H groups in total. The van der Waals surface area contributed by atoms with Gasteiger partial charge in [0.25, 0.3) is 0 Å². The molecule has 0 radical (unpaired) electrons. The van der Waals surface area contributed by atoms with Crippen molar-refractivity contribution in [2.24, 2.45) is 5.92 Å². The molecule has 0 spiro atoms. The molecule has 0 amide bonds. The molecule has 2 nitrogen and oxygen atoms in total. The highest BCUT2D eigenvalue weighted by Gasteiger charge is 2.18. The van der Waals surface area contributed by atoms with Crippen molar-refractivity contribution in [2.45, 2.75) is 32.1 Å². The van der Waals surface area contributed by atoms with E-state index >= 15 is 0 Å². The third-order valence-corrected chi connectivity index (χ3v) is 4.30. The maximum atomic E-state index is 3.45. The summed E-state index contributed by atoms with van der Waals surface area (Å²) < 4.78 is 0. The first-order chi connectivity index (χ1) is 8.84. The monoisotopic (exact) mass is 242 g/mol. The molecule has 2 heteroatoms. The Morgan fingerprint density at radius 1 is 1.22 bits per heavy atom. The zero-order chi connectivity index (χ0) is 12.4. The molecule has 2 heterocycles. The average Bonchev–Trinajstić information content (AvgIpc) is 2.84. The van der Waals surface area contributed by atoms with Crippen molar-refractivity contribution in [1.82, 2.24) is 10.3 Å². The second-order valence-corrected chi connectivity index (χ2v) is 5.62. The number of aromatic nitrogens is 1. The lowest BCUT2D eigenvalue weighted by Crippen LogP contribution is -2.28. The number of benzene rings is 1. The number of aromatic amines is 1.